The summed E-state index contributed by atoms with van der Waals surface area (Å²) in [6, 6.07) is 7.85. The molecular formula is C9H9O3. The van der Waals surface area contributed by atoms with E-state index in [4.69, 9.17) is 4.74 Å². The second kappa shape index (κ2) is 4.51. The standard InChI is InChI=1S/C9H9O3/c1-11-7-12-9-5-3-2-4-8(9)6-10/h2-4,6H,7H2,1H3. The van der Waals surface area contributed by atoms with Gasteiger partial charge >= 0.3 is 0 Å². The number of hydrogen-bond donors (Lipinski definition) is 0. The zero-order chi connectivity index (χ0) is 8.81. The van der Waals surface area contributed by atoms with E-state index in [-0.39, 0.29) is 6.79 Å². The van der Waals surface area contributed by atoms with Gasteiger partial charge < -0.3 is 9.47 Å². The molecule has 0 heterocycles. The van der Waals surface area contributed by atoms with Gasteiger partial charge in [-0.2, -0.15) is 0 Å². The third-order valence-electron chi connectivity index (χ3n) is 1.30. The van der Waals surface area contributed by atoms with Crippen LogP contribution in [0.4, 0.5) is 0 Å². The molecule has 1 aromatic carbocycles. The normalized spacial score (nSPS) is 9.42. The second-order valence-electron chi connectivity index (χ2n) is 2.12. The highest BCUT2D eigenvalue weighted by atomic mass is 16.7. The average molecular weight is 165 g/mol. The second-order valence-corrected chi connectivity index (χ2v) is 2.12. The van der Waals surface area contributed by atoms with Gasteiger partial charge in [0.05, 0.1) is 5.56 Å². The van der Waals surface area contributed by atoms with E-state index < -0.39 is 0 Å². The van der Waals surface area contributed by atoms with E-state index >= 15 is 0 Å². The van der Waals surface area contributed by atoms with Gasteiger partial charge in [-0.25, -0.2) is 0 Å². The Balaban J connectivity index is 2.75. The summed E-state index contributed by atoms with van der Waals surface area (Å²) in [5.41, 5.74) is 0.481. The SMILES string of the molecule is COCOc1[c]cccc1C=O. The van der Waals surface area contributed by atoms with Crippen molar-refractivity contribution in [2.75, 3.05) is 13.9 Å². The molecule has 0 saturated carbocycles. The van der Waals surface area contributed by atoms with Crippen molar-refractivity contribution in [3.05, 3.63) is 29.8 Å². The van der Waals surface area contributed by atoms with Crippen molar-refractivity contribution >= 4 is 6.29 Å². The van der Waals surface area contributed by atoms with Crippen molar-refractivity contribution in [3.8, 4) is 5.75 Å². The van der Waals surface area contributed by atoms with E-state index in [0.29, 0.717) is 11.3 Å². The summed E-state index contributed by atoms with van der Waals surface area (Å²) in [5.74, 6) is 0.425. The molecule has 0 aliphatic rings. The minimum atomic E-state index is 0.126. The molecule has 0 unspecified atom stereocenters. The molecule has 0 aromatic heterocycles. The van der Waals surface area contributed by atoms with E-state index in [1.165, 1.54) is 7.11 Å². The molecule has 0 aliphatic heterocycles. The first-order chi connectivity index (χ1) is 5.88. The molecule has 63 valence electrons. The van der Waals surface area contributed by atoms with Crippen molar-refractivity contribution in [3.63, 3.8) is 0 Å². The summed E-state index contributed by atoms with van der Waals surface area (Å²) in [4.78, 5) is 10.4. The Morgan fingerprint density at radius 2 is 2.50 bits per heavy atom. The number of carbonyl (C=O) groups excluding carboxylic acids is 1. The number of hydrogen-bond acceptors (Lipinski definition) is 3. The van der Waals surface area contributed by atoms with Gasteiger partial charge in [-0.15, -0.1) is 0 Å². The fourth-order valence-electron chi connectivity index (χ4n) is 0.770. The molecule has 0 bridgehead atoms. The third kappa shape index (κ3) is 2.07. The molecule has 3 nitrogen and oxygen atoms in total. The Hall–Kier alpha value is -1.35. The van der Waals surface area contributed by atoms with Crippen LogP contribution in [0.15, 0.2) is 18.2 Å². The molecule has 0 N–H and O–H groups in total. The highest BCUT2D eigenvalue weighted by Gasteiger charge is 1.99. The molecule has 1 radical (unpaired) electrons. The van der Waals surface area contributed by atoms with Crippen LogP contribution in [0.1, 0.15) is 10.4 Å². The maximum atomic E-state index is 10.4. The molecule has 3 heteroatoms. The smallest absolute Gasteiger partial charge is 0.188 e. The number of methoxy groups -OCH3 is 1. The molecular weight excluding hydrogens is 156 g/mol. The third-order valence-corrected chi connectivity index (χ3v) is 1.30. The van der Waals surface area contributed by atoms with Crippen LogP contribution in [0.3, 0.4) is 0 Å². The van der Waals surface area contributed by atoms with Gasteiger partial charge in [-0.3, -0.25) is 4.79 Å². The zero-order valence-corrected chi connectivity index (χ0v) is 6.74. The van der Waals surface area contributed by atoms with Crippen LogP contribution in [0.25, 0.3) is 0 Å². The van der Waals surface area contributed by atoms with E-state index in [0.717, 1.165) is 6.29 Å². The number of ether oxygens (including phenoxy) is 2. The summed E-state index contributed by atoms with van der Waals surface area (Å²) in [7, 11) is 1.52. The maximum absolute atomic E-state index is 10.4. The number of carbonyl (C=O) groups is 1. The topological polar surface area (TPSA) is 35.5 Å². The molecule has 12 heavy (non-hydrogen) atoms. The summed E-state index contributed by atoms with van der Waals surface area (Å²) in [5, 5.41) is 0. The molecule has 0 saturated heterocycles. The summed E-state index contributed by atoms with van der Waals surface area (Å²) >= 11 is 0. The monoisotopic (exact) mass is 165 g/mol. The van der Waals surface area contributed by atoms with Crippen LogP contribution in [0.5, 0.6) is 5.75 Å². The lowest BCUT2D eigenvalue weighted by Gasteiger charge is -2.04. The van der Waals surface area contributed by atoms with E-state index in [1.807, 2.05) is 0 Å². The van der Waals surface area contributed by atoms with Crippen molar-refractivity contribution < 1.29 is 14.3 Å². The van der Waals surface area contributed by atoms with Gasteiger partial charge in [0.2, 0.25) is 0 Å². The van der Waals surface area contributed by atoms with E-state index in [9.17, 15) is 4.79 Å². The predicted molar refractivity (Wildman–Crippen MR) is 43.2 cm³/mol. The van der Waals surface area contributed by atoms with Crippen molar-refractivity contribution in [2.45, 2.75) is 0 Å². The first kappa shape index (κ1) is 8.74. The quantitative estimate of drug-likeness (QED) is 0.498. The number of rotatable bonds is 4. The van der Waals surface area contributed by atoms with Gasteiger partial charge in [-0.05, 0) is 6.07 Å². The average Bonchev–Trinajstić information content (AvgIpc) is 2.15. The number of benzene rings is 1. The Bertz CT molecular complexity index is 258. The van der Waals surface area contributed by atoms with Crippen molar-refractivity contribution in [1.29, 1.82) is 0 Å². The van der Waals surface area contributed by atoms with Gasteiger partial charge in [0.15, 0.2) is 13.1 Å². The molecule has 0 amide bonds. The minimum Gasteiger partial charge on any atom is -0.466 e. The molecule has 1 aromatic rings. The van der Waals surface area contributed by atoms with Gasteiger partial charge in [0.25, 0.3) is 0 Å². The van der Waals surface area contributed by atoms with Crippen LogP contribution >= 0.6 is 0 Å². The molecule has 0 aliphatic carbocycles. The summed E-state index contributed by atoms with van der Waals surface area (Å²) in [6.07, 6.45) is 0.724. The number of aldehydes is 1. The molecule has 0 fully saturated rings. The highest BCUT2D eigenvalue weighted by molar-refractivity contribution is 5.78. The Morgan fingerprint density at radius 1 is 1.67 bits per heavy atom. The lowest BCUT2D eigenvalue weighted by Crippen LogP contribution is -2.01. The van der Waals surface area contributed by atoms with Gasteiger partial charge in [-0.1, -0.05) is 12.1 Å². The van der Waals surface area contributed by atoms with Gasteiger partial charge in [0, 0.05) is 13.2 Å². The summed E-state index contributed by atoms with van der Waals surface area (Å²) < 4.78 is 9.76. The van der Waals surface area contributed by atoms with Crippen LogP contribution < -0.4 is 4.74 Å². The Labute approximate surface area is 70.9 Å². The minimum absolute atomic E-state index is 0.126. The van der Waals surface area contributed by atoms with Crippen LogP contribution in [0, 0.1) is 6.07 Å². The molecule has 0 atom stereocenters. The maximum Gasteiger partial charge on any atom is 0.188 e. The summed E-state index contributed by atoms with van der Waals surface area (Å²) in [6.45, 7) is 0.126. The largest absolute Gasteiger partial charge is 0.466 e. The Morgan fingerprint density at radius 3 is 3.17 bits per heavy atom. The fraction of sp³-hybridized carbons (Fsp3) is 0.222. The zero-order valence-electron chi connectivity index (χ0n) is 6.74. The highest BCUT2D eigenvalue weighted by Crippen LogP contribution is 2.14. The number of para-hydroxylation sites is 1. The van der Waals surface area contributed by atoms with Crippen molar-refractivity contribution in [2.24, 2.45) is 0 Å². The Kier molecular flexibility index (Phi) is 3.29. The van der Waals surface area contributed by atoms with Crippen LogP contribution in [-0.4, -0.2) is 20.2 Å². The van der Waals surface area contributed by atoms with Crippen LogP contribution in [-0.2, 0) is 4.74 Å². The van der Waals surface area contributed by atoms with Crippen LogP contribution in [0.2, 0.25) is 0 Å². The molecule has 0 spiro atoms. The fourth-order valence-corrected chi connectivity index (χ4v) is 0.770. The van der Waals surface area contributed by atoms with Crippen molar-refractivity contribution in [1.82, 2.24) is 0 Å². The molecule has 1 rings (SSSR count). The first-order valence-electron chi connectivity index (χ1n) is 3.46. The van der Waals surface area contributed by atoms with E-state index in [1.54, 1.807) is 18.2 Å². The van der Waals surface area contributed by atoms with Gasteiger partial charge in [0.1, 0.15) is 5.75 Å². The lowest BCUT2D eigenvalue weighted by molar-refractivity contribution is 0.0503. The van der Waals surface area contributed by atoms with E-state index in [2.05, 4.69) is 10.8 Å². The lowest BCUT2D eigenvalue weighted by atomic mass is 10.2. The first-order valence-corrected chi connectivity index (χ1v) is 3.46. The predicted octanol–water partition coefficient (Wildman–Crippen LogP) is 1.28.